The smallest absolute Gasteiger partial charge is 0.328 e. The Labute approximate surface area is 133 Å². The Bertz CT molecular complexity index is 813. The van der Waals surface area contributed by atoms with Gasteiger partial charge in [-0.25, -0.2) is 4.79 Å². The maximum absolute atomic E-state index is 12.8. The lowest BCUT2D eigenvalue weighted by Gasteiger charge is -2.39. The maximum atomic E-state index is 12.8. The van der Waals surface area contributed by atoms with Crippen molar-refractivity contribution in [3.63, 3.8) is 0 Å². The van der Waals surface area contributed by atoms with Crippen molar-refractivity contribution in [3.8, 4) is 0 Å². The molecule has 0 radical (unpaired) electrons. The van der Waals surface area contributed by atoms with Crippen LogP contribution in [0.25, 0.3) is 5.57 Å². The zero-order valence-electron chi connectivity index (χ0n) is 12.4. The van der Waals surface area contributed by atoms with Crippen LogP contribution in [-0.2, 0) is 15.2 Å². The lowest BCUT2D eigenvalue weighted by molar-refractivity contribution is -0.132. The topological polar surface area (TPSA) is 77.8 Å². The quantitative estimate of drug-likeness (QED) is 0.832. The molecule has 1 aliphatic rings. The molecular weight excluding hydrogens is 294 g/mol. The van der Waals surface area contributed by atoms with Gasteiger partial charge in [0.15, 0.2) is 5.60 Å². The number of benzene rings is 2. The zero-order valence-corrected chi connectivity index (χ0v) is 12.4. The third-order valence-electron chi connectivity index (χ3n) is 4.02. The fraction of sp³-hybridized carbons (Fsp3) is 0.111. The zero-order chi connectivity index (χ0) is 16.6. The van der Waals surface area contributed by atoms with Crippen molar-refractivity contribution in [3.05, 3.63) is 71.8 Å². The molecule has 1 aliphatic heterocycles. The van der Waals surface area contributed by atoms with Crippen LogP contribution in [0.1, 0.15) is 11.1 Å². The SMILES string of the molecule is CN1C(=O)C(O)(c2ccccc2)/C(=C/C(=O)O)c2ccccc21. The third-order valence-corrected chi connectivity index (χ3v) is 4.02. The number of anilines is 1. The Kier molecular flexibility index (Phi) is 3.50. The fourth-order valence-corrected chi connectivity index (χ4v) is 2.92. The number of fused-ring (bicyclic) bond motifs is 1. The summed E-state index contributed by atoms with van der Waals surface area (Å²) in [4.78, 5) is 25.5. The van der Waals surface area contributed by atoms with Crippen LogP contribution in [-0.4, -0.2) is 29.1 Å². The van der Waals surface area contributed by atoms with Gasteiger partial charge in [0, 0.05) is 24.3 Å². The highest BCUT2D eigenvalue weighted by atomic mass is 16.4. The second kappa shape index (κ2) is 5.37. The van der Waals surface area contributed by atoms with E-state index < -0.39 is 17.5 Å². The van der Waals surface area contributed by atoms with Gasteiger partial charge in [0.2, 0.25) is 0 Å². The van der Waals surface area contributed by atoms with E-state index >= 15 is 0 Å². The number of amides is 1. The number of aliphatic carboxylic acids is 1. The molecule has 0 saturated carbocycles. The molecular formula is C18H15NO4. The van der Waals surface area contributed by atoms with E-state index in [4.69, 9.17) is 0 Å². The molecule has 0 saturated heterocycles. The molecule has 0 aliphatic carbocycles. The summed E-state index contributed by atoms with van der Waals surface area (Å²) in [6, 6.07) is 15.3. The van der Waals surface area contributed by atoms with Crippen LogP contribution >= 0.6 is 0 Å². The van der Waals surface area contributed by atoms with Crippen LogP contribution in [0.15, 0.2) is 60.7 Å². The summed E-state index contributed by atoms with van der Waals surface area (Å²) in [5.74, 6) is -1.81. The minimum Gasteiger partial charge on any atom is -0.478 e. The van der Waals surface area contributed by atoms with Gasteiger partial charge in [0.1, 0.15) is 0 Å². The third kappa shape index (κ3) is 2.22. The minimum atomic E-state index is -2.04. The average molecular weight is 309 g/mol. The summed E-state index contributed by atoms with van der Waals surface area (Å²) < 4.78 is 0. The molecule has 1 unspecified atom stereocenters. The largest absolute Gasteiger partial charge is 0.478 e. The van der Waals surface area contributed by atoms with Crippen LogP contribution in [0, 0.1) is 0 Å². The van der Waals surface area contributed by atoms with Gasteiger partial charge in [0.25, 0.3) is 5.91 Å². The van der Waals surface area contributed by atoms with E-state index in [0.29, 0.717) is 16.8 Å². The summed E-state index contributed by atoms with van der Waals surface area (Å²) in [5.41, 5.74) is -0.564. The Morgan fingerprint density at radius 1 is 1.09 bits per heavy atom. The molecule has 3 rings (SSSR count). The number of aliphatic hydroxyl groups is 1. The summed E-state index contributed by atoms with van der Waals surface area (Å²) in [5, 5.41) is 20.4. The number of carbonyl (C=O) groups excluding carboxylic acids is 1. The van der Waals surface area contributed by atoms with Crippen LogP contribution in [0.5, 0.6) is 0 Å². The monoisotopic (exact) mass is 309 g/mol. The van der Waals surface area contributed by atoms with Gasteiger partial charge in [-0.05, 0) is 11.6 Å². The van der Waals surface area contributed by atoms with Crippen LogP contribution in [0.4, 0.5) is 5.69 Å². The summed E-state index contributed by atoms with van der Waals surface area (Å²) in [6.45, 7) is 0. The van der Waals surface area contributed by atoms with Crippen molar-refractivity contribution >= 4 is 23.1 Å². The highest BCUT2D eigenvalue weighted by Gasteiger charge is 2.49. The standard InChI is InChI=1S/C18H15NO4/c1-19-15-10-6-5-9-13(15)14(11-16(20)21)18(23,17(19)22)12-7-3-2-4-8-12/h2-11,23H,1H3,(H,20,21)/b14-11+. The van der Waals surface area contributed by atoms with E-state index in [1.165, 1.54) is 4.90 Å². The molecule has 5 nitrogen and oxygen atoms in total. The number of rotatable bonds is 2. The molecule has 23 heavy (non-hydrogen) atoms. The second-order valence-corrected chi connectivity index (χ2v) is 5.35. The first kappa shape index (κ1) is 15.0. The van der Waals surface area contributed by atoms with Crippen LogP contribution in [0.3, 0.4) is 0 Å². The van der Waals surface area contributed by atoms with Crippen LogP contribution in [0.2, 0.25) is 0 Å². The fourth-order valence-electron chi connectivity index (χ4n) is 2.92. The number of carbonyl (C=O) groups is 2. The van der Waals surface area contributed by atoms with Crippen molar-refractivity contribution < 1.29 is 19.8 Å². The first-order valence-corrected chi connectivity index (χ1v) is 7.07. The van der Waals surface area contributed by atoms with Crippen molar-refractivity contribution in [1.82, 2.24) is 0 Å². The number of likely N-dealkylation sites (N-methyl/N-ethyl adjacent to an activating group) is 1. The van der Waals surface area contributed by atoms with E-state index in [1.54, 1.807) is 61.6 Å². The minimum absolute atomic E-state index is 0.0647. The van der Waals surface area contributed by atoms with Gasteiger partial charge >= 0.3 is 5.97 Å². The van der Waals surface area contributed by atoms with Gasteiger partial charge in [-0.2, -0.15) is 0 Å². The predicted molar refractivity (Wildman–Crippen MR) is 85.8 cm³/mol. The lowest BCUT2D eigenvalue weighted by Crippen LogP contribution is -2.50. The van der Waals surface area contributed by atoms with Gasteiger partial charge in [-0.3, -0.25) is 4.79 Å². The van der Waals surface area contributed by atoms with E-state index in [-0.39, 0.29) is 5.57 Å². The first-order valence-electron chi connectivity index (χ1n) is 7.07. The Morgan fingerprint density at radius 2 is 1.70 bits per heavy atom. The average Bonchev–Trinajstić information content (AvgIpc) is 2.57. The van der Waals surface area contributed by atoms with E-state index in [2.05, 4.69) is 0 Å². The highest BCUT2D eigenvalue weighted by molar-refractivity contribution is 6.16. The van der Waals surface area contributed by atoms with Gasteiger partial charge in [-0.1, -0.05) is 48.5 Å². The van der Waals surface area contributed by atoms with E-state index in [0.717, 1.165) is 6.08 Å². The molecule has 2 aromatic rings. The number of hydrogen-bond acceptors (Lipinski definition) is 3. The Balaban J connectivity index is 2.35. The molecule has 0 bridgehead atoms. The molecule has 1 heterocycles. The number of para-hydroxylation sites is 1. The number of carboxylic acid groups (broad SMARTS) is 1. The molecule has 0 fully saturated rings. The summed E-state index contributed by atoms with van der Waals surface area (Å²) in [6.07, 6.45) is 0.900. The molecule has 0 aromatic heterocycles. The summed E-state index contributed by atoms with van der Waals surface area (Å²) >= 11 is 0. The number of carboxylic acids is 1. The normalized spacial score (nSPS) is 22.1. The summed E-state index contributed by atoms with van der Waals surface area (Å²) in [7, 11) is 1.56. The van der Waals surface area contributed by atoms with E-state index in [1.807, 2.05) is 0 Å². The molecule has 0 spiro atoms. The highest BCUT2D eigenvalue weighted by Crippen LogP contribution is 2.45. The van der Waals surface area contributed by atoms with Crippen molar-refractivity contribution in [1.29, 1.82) is 0 Å². The molecule has 116 valence electrons. The predicted octanol–water partition coefficient (Wildman–Crippen LogP) is 2.02. The molecule has 5 heteroatoms. The van der Waals surface area contributed by atoms with Crippen LogP contribution < -0.4 is 4.90 Å². The van der Waals surface area contributed by atoms with Crippen molar-refractivity contribution in [2.45, 2.75) is 5.60 Å². The van der Waals surface area contributed by atoms with E-state index in [9.17, 15) is 19.8 Å². The molecule has 2 aromatic carbocycles. The molecule has 1 atom stereocenters. The molecule has 1 amide bonds. The molecule has 2 N–H and O–H groups in total. The van der Waals surface area contributed by atoms with Gasteiger partial charge in [0.05, 0.1) is 5.69 Å². The first-order chi connectivity index (χ1) is 11.0. The maximum Gasteiger partial charge on any atom is 0.328 e. The second-order valence-electron chi connectivity index (χ2n) is 5.35. The van der Waals surface area contributed by atoms with Gasteiger partial charge in [-0.15, -0.1) is 0 Å². The van der Waals surface area contributed by atoms with Crippen molar-refractivity contribution in [2.24, 2.45) is 0 Å². The van der Waals surface area contributed by atoms with Crippen molar-refractivity contribution in [2.75, 3.05) is 11.9 Å². The number of hydrogen-bond donors (Lipinski definition) is 2. The Hall–Kier alpha value is -2.92. The van der Waals surface area contributed by atoms with Gasteiger partial charge < -0.3 is 15.1 Å². The number of nitrogens with zero attached hydrogens (tertiary/aromatic N) is 1. The Morgan fingerprint density at radius 3 is 2.35 bits per heavy atom. The lowest BCUT2D eigenvalue weighted by atomic mass is 9.77.